The van der Waals surface area contributed by atoms with Crippen molar-refractivity contribution in [1.29, 1.82) is 0 Å². The third-order valence-corrected chi connectivity index (χ3v) is 4.10. The first-order valence-corrected chi connectivity index (χ1v) is 8.20. The molecule has 0 bridgehead atoms. The van der Waals surface area contributed by atoms with Crippen LogP contribution in [-0.4, -0.2) is 28.1 Å². The van der Waals surface area contributed by atoms with E-state index in [0.29, 0.717) is 5.69 Å². The largest absolute Gasteiger partial charge is 0.494 e. The molecule has 2 heterocycles. The fraction of sp³-hybridized carbons (Fsp3) is 0.588. The van der Waals surface area contributed by atoms with Crippen LogP contribution in [0.1, 0.15) is 50.9 Å². The molecule has 5 heteroatoms. The van der Waals surface area contributed by atoms with Gasteiger partial charge in [-0.05, 0) is 37.8 Å². The SMILES string of the molecule is CCCCOc1ccc2c(CO)nn(C3CCCCO3)c2c1. The van der Waals surface area contributed by atoms with Gasteiger partial charge in [0, 0.05) is 18.1 Å². The average molecular weight is 304 g/mol. The summed E-state index contributed by atoms with van der Waals surface area (Å²) in [7, 11) is 0. The summed E-state index contributed by atoms with van der Waals surface area (Å²) < 4.78 is 13.6. The van der Waals surface area contributed by atoms with Crippen molar-refractivity contribution in [2.75, 3.05) is 13.2 Å². The summed E-state index contributed by atoms with van der Waals surface area (Å²) in [5, 5.41) is 15.1. The number of aliphatic hydroxyl groups excluding tert-OH is 1. The van der Waals surface area contributed by atoms with Crippen molar-refractivity contribution in [2.45, 2.75) is 51.9 Å². The van der Waals surface area contributed by atoms with Crippen LogP contribution in [0.25, 0.3) is 10.9 Å². The second-order valence-electron chi connectivity index (χ2n) is 5.75. The molecule has 3 rings (SSSR count). The predicted molar refractivity (Wildman–Crippen MR) is 84.9 cm³/mol. The molecular formula is C17H24N2O3. The number of benzene rings is 1. The summed E-state index contributed by atoms with van der Waals surface area (Å²) in [6, 6.07) is 5.94. The average Bonchev–Trinajstić information content (AvgIpc) is 2.94. The Labute approximate surface area is 130 Å². The summed E-state index contributed by atoms with van der Waals surface area (Å²) in [6.45, 7) is 3.58. The van der Waals surface area contributed by atoms with Gasteiger partial charge in [0.15, 0.2) is 6.23 Å². The maximum absolute atomic E-state index is 9.54. The van der Waals surface area contributed by atoms with Crippen molar-refractivity contribution in [1.82, 2.24) is 9.78 Å². The Kier molecular flexibility index (Phi) is 4.95. The van der Waals surface area contributed by atoms with Gasteiger partial charge in [0.05, 0.1) is 24.4 Å². The lowest BCUT2D eigenvalue weighted by Gasteiger charge is -2.23. The van der Waals surface area contributed by atoms with Gasteiger partial charge in [-0.3, -0.25) is 0 Å². The molecule has 120 valence electrons. The molecule has 1 aromatic heterocycles. The molecule has 0 amide bonds. The van der Waals surface area contributed by atoms with E-state index in [0.717, 1.165) is 62.0 Å². The van der Waals surface area contributed by atoms with Crippen LogP contribution in [0.3, 0.4) is 0 Å². The van der Waals surface area contributed by atoms with Crippen molar-refractivity contribution in [3.05, 3.63) is 23.9 Å². The van der Waals surface area contributed by atoms with E-state index in [9.17, 15) is 5.11 Å². The van der Waals surface area contributed by atoms with Crippen LogP contribution < -0.4 is 4.74 Å². The Bertz CT molecular complexity index is 618. The molecule has 0 saturated carbocycles. The molecule has 0 radical (unpaired) electrons. The first-order chi connectivity index (χ1) is 10.8. The maximum Gasteiger partial charge on any atom is 0.150 e. The van der Waals surface area contributed by atoms with E-state index < -0.39 is 0 Å². The molecule has 1 unspecified atom stereocenters. The van der Waals surface area contributed by atoms with Crippen molar-refractivity contribution in [3.8, 4) is 5.75 Å². The number of aromatic nitrogens is 2. The molecule has 1 saturated heterocycles. The van der Waals surface area contributed by atoms with E-state index in [2.05, 4.69) is 12.0 Å². The third-order valence-electron chi connectivity index (χ3n) is 4.10. The highest BCUT2D eigenvalue weighted by atomic mass is 16.5. The monoisotopic (exact) mass is 304 g/mol. The summed E-state index contributed by atoms with van der Waals surface area (Å²) in [6.07, 6.45) is 5.33. The molecule has 1 fully saturated rings. The Morgan fingerprint density at radius 3 is 3.05 bits per heavy atom. The zero-order chi connectivity index (χ0) is 15.4. The first kappa shape index (κ1) is 15.3. The number of unbranched alkanes of at least 4 members (excludes halogenated alkanes) is 1. The molecule has 1 atom stereocenters. The van der Waals surface area contributed by atoms with Crippen LogP contribution in [-0.2, 0) is 11.3 Å². The van der Waals surface area contributed by atoms with Gasteiger partial charge >= 0.3 is 0 Å². The van der Waals surface area contributed by atoms with Gasteiger partial charge in [-0.15, -0.1) is 0 Å². The highest BCUT2D eigenvalue weighted by Gasteiger charge is 2.21. The third kappa shape index (κ3) is 3.10. The Hall–Kier alpha value is -1.59. The second-order valence-corrected chi connectivity index (χ2v) is 5.75. The topological polar surface area (TPSA) is 56.5 Å². The molecule has 5 nitrogen and oxygen atoms in total. The normalized spacial score (nSPS) is 18.7. The molecule has 1 aliphatic rings. The van der Waals surface area contributed by atoms with Crippen molar-refractivity contribution in [2.24, 2.45) is 0 Å². The van der Waals surface area contributed by atoms with E-state index in [1.807, 2.05) is 22.9 Å². The molecule has 1 N–H and O–H groups in total. The van der Waals surface area contributed by atoms with Crippen LogP contribution in [0.2, 0.25) is 0 Å². The number of fused-ring (bicyclic) bond motifs is 1. The van der Waals surface area contributed by atoms with Crippen LogP contribution in [0.15, 0.2) is 18.2 Å². The molecule has 1 aromatic carbocycles. The van der Waals surface area contributed by atoms with E-state index in [4.69, 9.17) is 9.47 Å². The van der Waals surface area contributed by atoms with E-state index in [1.54, 1.807) is 0 Å². The molecule has 0 aliphatic carbocycles. The van der Waals surface area contributed by atoms with E-state index >= 15 is 0 Å². The minimum atomic E-state index is -0.0632. The molecule has 1 aliphatic heterocycles. The Morgan fingerprint density at radius 1 is 1.41 bits per heavy atom. The maximum atomic E-state index is 9.54. The van der Waals surface area contributed by atoms with Crippen molar-refractivity contribution < 1.29 is 14.6 Å². The Balaban J connectivity index is 1.93. The van der Waals surface area contributed by atoms with Crippen molar-refractivity contribution >= 4 is 10.9 Å². The van der Waals surface area contributed by atoms with Crippen LogP contribution >= 0.6 is 0 Å². The number of hydrogen-bond donors (Lipinski definition) is 1. The van der Waals surface area contributed by atoms with E-state index in [-0.39, 0.29) is 12.8 Å². The number of aliphatic hydroxyl groups is 1. The minimum absolute atomic E-state index is 0.0394. The summed E-state index contributed by atoms with van der Waals surface area (Å²) >= 11 is 0. The fourth-order valence-electron chi connectivity index (χ4n) is 2.86. The summed E-state index contributed by atoms with van der Waals surface area (Å²) in [5.41, 5.74) is 1.68. The van der Waals surface area contributed by atoms with Gasteiger partial charge in [0.2, 0.25) is 0 Å². The van der Waals surface area contributed by atoms with Gasteiger partial charge in [-0.2, -0.15) is 5.10 Å². The smallest absolute Gasteiger partial charge is 0.150 e. The first-order valence-electron chi connectivity index (χ1n) is 8.20. The predicted octanol–water partition coefficient (Wildman–Crippen LogP) is 3.41. The number of ether oxygens (including phenoxy) is 2. The zero-order valence-electron chi connectivity index (χ0n) is 13.1. The zero-order valence-corrected chi connectivity index (χ0v) is 13.1. The highest BCUT2D eigenvalue weighted by molar-refractivity contribution is 5.83. The fourth-order valence-corrected chi connectivity index (χ4v) is 2.86. The van der Waals surface area contributed by atoms with Gasteiger partial charge in [-0.25, -0.2) is 4.68 Å². The summed E-state index contributed by atoms with van der Waals surface area (Å²) in [5.74, 6) is 0.849. The van der Waals surface area contributed by atoms with Gasteiger partial charge in [0.25, 0.3) is 0 Å². The highest BCUT2D eigenvalue weighted by Crippen LogP contribution is 2.30. The van der Waals surface area contributed by atoms with Crippen LogP contribution in [0, 0.1) is 0 Å². The van der Waals surface area contributed by atoms with Gasteiger partial charge < -0.3 is 14.6 Å². The van der Waals surface area contributed by atoms with E-state index in [1.165, 1.54) is 0 Å². The Morgan fingerprint density at radius 2 is 2.32 bits per heavy atom. The quantitative estimate of drug-likeness (QED) is 0.831. The standard InChI is InChI=1S/C17H24N2O3/c1-2-3-9-21-13-7-8-14-15(12-20)18-19(16(14)11-13)17-6-4-5-10-22-17/h7-8,11,17,20H,2-6,9-10,12H2,1H3. The number of nitrogens with zero attached hydrogens (tertiary/aromatic N) is 2. The lowest BCUT2D eigenvalue weighted by molar-refractivity contribution is -0.0370. The number of rotatable bonds is 6. The van der Waals surface area contributed by atoms with Gasteiger partial charge in [0.1, 0.15) is 5.75 Å². The lowest BCUT2D eigenvalue weighted by Crippen LogP contribution is -2.19. The number of hydrogen-bond acceptors (Lipinski definition) is 4. The van der Waals surface area contributed by atoms with Crippen LogP contribution in [0.5, 0.6) is 5.75 Å². The molecule has 0 spiro atoms. The van der Waals surface area contributed by atoms with Gasteiger partial charge in [-0.1, -0.05) is 13.3 Å². The molecule has 2 aromatic rings. The lowest BCUT2D eigenvalue weighted by atomic mass is 10.1. The second kappa shape index (κ2) is 7.11. The van der Waals surface area contributed by atoms with Crippen molar-refractivity contribution in [3.63, 3.8) is 0 Å². The molecule has 22 heavy (non-hydrogen) atoms. The van der Waals surface area contributed by atoms with Crippen LogP contribution in [0.4, 0.5) is 0 Å². The molecular weight excluding hydrogens is 280 g/mol. The summed E-state index contributed by atoms with van der Waals surface area (Å²) in [4.78, 5) is 0. The minimum Gasteiger partial charge on any atom is -0.494 e.